The lowest BCUT2D eigenvalue weighted by Gasteiger charge is -2.22. The quantitative estimate of drug-likeness (QED) is 0.827. The molecular weight excluding hydrogens is 268 g/mol. The molecule has 1 heterocycles. The summed E-state index contributed by atoms with van der Waals surface area (Å²) < 4.78 is 0. The van der Waals surface area contributed by atoms with Gasteiger partial charge in [-0.3, -0.25) is 4.79 Å². The van der Waals surface area contributed by atoms with Gasteiger partial charge in [0.05, 0.1) is 17.3 Å². The summed E-state index contributed by atoms with van der Waals surface area (Å²) in [5.74, 6) is 0.0226. The van der Waals surface area contributed by atoms with Crippen molar-refractivity contribution in [3.8, 4) is 0 Å². The lowest BCUT2D eigenvalue weighted by atomic mass is 9.87. The molecular formula is C16H18N2OS. The molecule has 1 aliphatic carbocycles. The molecule has 3 nitrogen and oxygen atoms in total. The number of carbonyl (C=O) groups is 1. The molecule has 0 spiro atoms. The van der Waals surface area contributed by atoms with Crippen molar-refractivity contribution in [2.45, 2.75) is 32.1 Å². The van der Waals surface area contributed by atoms with Crippen LogP contribution in [0.2, 0.25) is 0 Å². The monoisotopic (exact) mass is 286 g/mol. The Morgan fingerprint density at radius 2 is 2.25 bits per heavy atom. The first-order valence-electron chi connectivity index (χ1n) is 6.89. The molecule has 4 heteroatoms. The number of para-hydroxylation sites is 1. The van der Waals surface area contributed by atoms with Gasteiger partial charge in [0.15, 0.2) is 0 Å². The summed E-state index contributed by atoms with van der Waals surface area (Å²) in [5.41, 5.74) is 9.54. The molecule has 1 aliphatic rings. The Morgan fingerprint density at radius 1 is 1.40 bits per heavy atom. The minimum absolute atomic E-state index is 0.0380. The van der Waals surface area contributed by atoms with E-state index in [9.17, 15) is 4.79 Å². The number of thiophene rings is 1. The van der Waals surface area contributed by atoms with Crippen molar-refractivity contribution in [2.24, 2.45) is 0 Å². The fourth-order valence-corrected chi connectivity index (χ4v) is 3.82. The lowest BCUT2D eigenvalue weighted by molar-refractivity contribution is -0.117. The van der Waals surface area contributed by atoms with Gasteiger partial charge in [-0.1, -0.05) is 12.1 Å². The van der Waals surface area contributed by atoms with Gasteiger partial charge in [-0.15, -0.1) is 11.3 Å². The molecule has 0 radical (unpaired) electrons. The molecule has 2 aromatic rings. The summed E-state index contributed by atoms with van der Waals surface area (Å²) in [6, 6.07) is 7.77. The van der Waals surface area contributed by atoms with Crippen molar-refractivity contribution >= 4 is 28.6 Å². The van der Waals surface area contributed by atoms with Gasteiger partial charge in [-0.25, -0.2) is 0 Å². The van der Waals surface area contributed by atoms with E-state index in [2.05, 4.69) is 16.8 Å². The number of amides is 1. The highest BCUT2D eigenvalue weighted by molar-refractivity contribution is 7.10. The summed E-state index contributed by atoms with van der Waals surface area (Å²) in [7, 11) is 0. The molecule has 20 heavy (non-hydrogen) atoms. The maximum Gasteiger partial charge on any atom is 0.232 e. The van der Waals surface area contributed by atoms with Crippen molar-refractivity contribution in [3.05, 3.63) is 45.6 Å². The van der Waals surface area contributed by atoms with E-state index >= 15 is 0 Å². The zero-order chi connectivity index (χ0) is 14.1. The molecule has 0 aliphatic heterocycles. The largest absolute Gasteiger partial charge is 0.397 e. The van der Waals surface area contributed by atoms with Crippen LogP contribution in [0.1, 0.15) is 34.8 Å². The third-order valence-electron chi connectivity index (χ3n) is 3.92. The summed E-state index contributed by atoms with van der Waals surface area (Å²) in [6.07, 6.45) is 3.10. The van der Waals surface area contributed by atoms with Crippen molar-refractivity contribution in [3.63, 3.8) is 0 Å². The number of nitrogen functional groups attached to an aromatic ring is 1. The van der Waals surface area contributed by atoms with E-state index in [1.807, 2.05) is 25.1 Å². The summed E-state index contributed by atoms with van der Waals surface area (Å²) in [5, 5.41) is 5.10. The number of rotatable bonds is 2. The molecule has 0 fully saturated rings. The van der Waals surface area contributed by atoms with Crippen molar-refractivity contribution in [1.82, 2.24) is 0 Å². The maximum absolute atomic E-state index is 12.6. The van der Waals surface area contributed by atoms with Crippen LogP contribution in [0.15, 0.2) is 29.6 Å². The first-order chi connectivity index (χ1) is 9.66. The number of aryl methyl sites for hydroxylation is 2. The van der Waals surface area contributed by atoms with E-state index in [1.165, 1.54) is 10.4 Å². The molecule has 1 amide bonds. The van der Waals surface area contributed by atoms with Gasteiger partial charge < -0.3 is 11.1 Å². The van der Waals surface area contributed by atoms with Crippen molar-refractivity contribution < 1.29 is 4.79 Å². The molecule has 104 valence electrons. The first kappa shape index (κ1) is 13.2. The Hall–Kier alpha value is -1.81. The molecule has 1 atom stereocenters. The van der Waals surface area contributed by atoms with Gasteiger partial charge in [0, 0.05) is 4.88 Å². The predicted octanol–water partition coefficient (Wildman–Crippen LogP) is 3.70. The SMILES string of the molecule is Cc1cccc(N)c1NC(=O)C1CCCc2sccc21. The number of hydrogen-bond donors (Lipinski definition) is 2. The summed E-state index contributed by atoms with van der Waals surface area (Å²) in [4.78, 5) is 13.9. The van der Waals surface area contributed by atoms with Gasteiger partial charge in [0.1, 0.15) is 0 Å². The Labute approximate surface area is 122 Å². The number of hydrogen-bond acceptors (Lipinski definition) is 3. The fraction of sp³-hybridized carbons (Fsp3) is 0.312. The molecule has 1 unspecified atom stereocenters. The highest BCUT2D eigenvalue weighted by atomic mass is 32.1. The van der Waals surface area contributed by atoms with Crippen LogP contribution in [0.5, 0.6) is 0 Å². The highest BCUT2D eigenvalue weighted by Crippen LogP contribution is 2.36. The van der Waals surface area contributed by atoms with E-state index in [4.69, 9.17) is 5.73 Å². The van der Waals surface area contributed by atoms with Crippen LogP contribution >= 0.6 is 11.3 Å². The number of carbonyl (C=O) groups excluding carboxylic acids is 1. The second-order valence-corrected chi connectivity index (χ2v) is 6.27. The minimum atomic E-state index is -0.0380. The standard InChI is InChI=1S/C16H18N2OS/c1-10-4-2-6-13(17)15(10)18-16(19)12-5-3-7-14-11(12)8-9-20-14/h2,4,6,8-9,12H,3,5,7,17H2,1H3,(H,18,19). The van der Waals surface area contributed by atoms with Crippen LogP contribution in [-0.2, 0) is 11.2 Å². The predicted molar refractivity (Wildman–Crippen MR) is 84.2 cm³/mol. The second kappa shape index (κ2) is 5.29. The van der Waals surface area contributed by atoms with E-state index in [1.54, 1.807) is 11.3 Å². The van der Waals surface area contributed by atoms with Crippen LogP contribution in [0.25, 0.3) is 0 Å². The summed E-state index contributed by atoms with van der Waals surface area (Å²) >= 11 is 1.75. The van der Waals surface area contributed by atoms with Crippen LogP contribution in [0.4, 0.5) is 11.4 Å². The number of nitrogens with two attached hydrogens (primary N) is 1. The molecule has 1 aromatic heterocycles. The van der Waals surface area contributed by atoms with Crippen LogP contribution in [0.3, 0.4) is 0 Å². The van der Waals surface area contributed by atoms with Gasteiger partial charge in [0.25, 0.3) is 0 Å². The Balaban J connectivity index is 1.85. The lowest BCUT2D eigenvalue weighted by Crippen LogP contribution is -2.24. The van der Waals surface area contributed by atoms with Crippen molar-refractivity contribution in [2.75, 3.05) is 11.1 Å². The first-order valence-corrected chi connectivity index (χ1v) is 7.77. The third-order valence-corrected chi connectivity index (χ3v) is 4.92. The van der Waals surface area contributed by atoms with Crippen molar-refractivity contribution in [1.29, 1.82) is 0 Å². The summed E-state index contributed by atoms with van der Waals surface area (Å²) in [6.45, 7) is 1.96. The Bertz CT molecular complexity index is 627. The number of fused-ring (bicyclic) bond motifs is 1. The van der Waals surface area contributed by atoms with E-state index in [0.717, 1.165) is 30.5 Å². The maximum atomic E-state index is 12.6. The average Bonchev–Trinajstić information content (AvgIpc) is 2.91. The van der Waals surface area contributed by atoms with Crippen LogP contribution < -0.4 is 11.1 Å². The van der Waals surface area contributed by atoms with Gasteiger partial charge in [-0.2, -0.15) is 0 Å². The second-order valence-electron chi connectivity index (χ2n) is 5.27. The fourth-order valence-electron chi connectivity index (χ4n) is 2.83. The number of benzene rings is 1. The zero-order valence-electron chi connectivity index (χ0n) is 11.5. The number of nitrogens with one attached hydrogen (secondary N) is 1. The average molecular weight is 286 g/mol. The normalized spacial score (nSPS) is 17.6. The minimum Gasteiger partial charge on any atom is -0.397 e. The molecule has 1 aromatic carbocycles. The zero-order valence-corrected chi connectivity index (χ0v) is 12.3. The van der Waals surface area contributed by atoms with E-state index < -0.39 is 0 Å². The van der Waals surface area contributed by atoms with E-state index in [0.29, 0.717) is 5.69 Å². The molecule has 0 saturated heterocycles. The molecule has 0 bridgehead atoms. The van der Waals surface area contributed by atoms with Gasteiger partial charge >= 0.3 is 0 Å². The third kappa shape index (κ3) is 2.31. The topological polar surface area (TPSA) is 55.1 Å². The van der Waals surface area contributed by atoms with Gasteiger partial charge in [-0.05, 0) is 54.8 Å². The molecule has 0 saturated carbocycles. The highest BCUT2D eigenvalue weighted by Gasteiger charge is 2.27. The van der Waals surface area contributed by atoms with Gasteiger partial charge in [0.2, 0.25) is 5.91 Å². The Morgan fingerprint density at radius 3 is 3.05 bits per heavy atom. The van der Waals surface area contributed by atoms with Crippen LogP contribution in [0, 0.1) is 6.92 Å². The van der Waals surface area contributed by atoms with E-state index in [-0.39, 0.29) is 11.8 Å². The smallest absolute Gasteiger partial charge is 0.232 e. The molecule has 3 N–H and O–H groups in total. The molecule has 3 rings (SSSR count). The van der Waals surface area contributed by atoms with Crippen LogP contribution in [-0.4, -0.2) is 5.91 Å². The number of anilines is 2. The Kier molecular flexibility index (Phi) is 3.49.